The molecular formula is C17H29N3. The van der Waals surface area contributed by atoms with E-state index in [-0.39, 0.29) is 5.54 Å². The lowest BCUT2D eigenvalue weighted by Crippen LogP contribution is -2.35. The molecule has 0 amide bonds. The number of rotatable bonds is 8. The van der Waals surface area contributed by atoms with Gasteiger partial charge in [0.2, 0.25) is 0 Å². The lowest BCUT2D eigenvalue weighted by molar-refractivity contribution is 0.291. The minimum Gasteiger partial charge on any atom is -0.308 e. The van der Waals surface area contributed by atoms with Crippen LogP contribution < -0.4 is 5.32 Å². The molecule has 0 aromatic carbocycles. The Morgan fingerprint density at radius 3 is 2.60 bits per heavy atom. The van der Waals surface area contributed by atoms with Gasteiger partial charge < -0.3 is 5.32 Å². The van der Waals surface area contributed by atoms with Gasteiger partial charge in [-0.05, 0) is 45.4 Å². The maximum absolute atomic E-state index is 4.57. The summed E-state index contributed by atoms with van der Waals surface area (Å²) in [5, 5.41) is 3.48. The van der Waals surface area contributed by atoms with Gasteiger partial charge in [0.15, 0.2) is 0 Å². The molecule has 0 unspecified atom stereocenters. The summed E-state index contributed by atoms with van der Waals surface area (Å²) < 4.78 is 0. The predicted molar refractivity (Wildman–Crippen MR) is 86.6 cm³/mol. The van der Waals surface area contributed by atoms with Crippen molar-refractivity contribution in [3.8, 4) is 0 Å². The first-order chi connectivity index (χ1) is 9.44. The summed E-state index contributed by atoms with van der Waals surface area (Å²) in [6.45, 7) is 16.3. The molecule has 0 saturated heterocycles. The standard InChI is InChI=1S/C17H29N3/c1-6-10-20(11-7-2)14-16-9-8-15(12-18-16)13-19-17(3,4)5/h6,8-9,12,19H,1,7,10-11,13-14H2,2-5H3. The van der Waals surface area contributed by atoms with E-state index in [2.05, 4.69) is 61.6 Å². The normalized spacial score (nSPS) is 11.8. The fourth-order valence-electron chi connectivity index (χ4n) is 1.98. The molecular weight excluding hydrogens is 246 g/mol. The van der Waals surface area contributed by atoms with Gasteiger partial charge in [-0.25, -0.2) is 0 Å². The average molecular weight is 275 g/mol. The van der Waals surface area contributed by atoms with Crippen molar-refractivity contribution in [2.75, 3.05) is 13.1 Å². The molecule has 1 N–H and O–H groups in total. The van der Waals surface area contributed by atoms with Gasteiger partial charge in [-0.15, -0.1) is 6.58 Å². The second kappa shape index (κ2) is 8.18. The predicted octanol–water partition coefficient (Wildman–Crippen LogP) is 3.37. The van der Waals surface area contributed by atoms with Crippen molar-refractivity contribution < 1.29 is 0 Å². The first-order valence-electron chi connectivity index (χ1n) is 7.46. The molecule has 0 spiro atoms. The summed E-state index contributed by atoms with van der Waals surface area (Å²) >= 11 is 0. The van der Waals surface area contributed by atoms with Crippen LogP contribution in [0.3, 0.4) is 0 Å². The average Bonchev–Trinajstić information content (AvgIpc) is 2.38. The van der Waals surface area contributed by atoms with Crippen molar-refractivity contribution in [2.45, 2.75) is 52.7 Å². The second-order valence-electron chi connectivity index (χ2n) is 6.29. The summed E-state index contributed by atoms with van der Waals surface area (Å²) in [6, 6.07) is 4.30. The number of aromatic nitrogens is 1. The Bertz CT molecular complexity index is 390. The SMILES string of the molecule is C=CCN(CCC)Cc1ccc(CNC(C)(C)C)cn1. The van der Waals surface area contributed by atoms with E-state index < -0.39 is 0 Å². The largest absolute Gasteiger partial charge is 0.308 e. The zero-order valence-electron chi connectivity index (χ0n) is 13.4. The third-order valence-electron chi connectivity index (χ3n) is 3.02. The number of nitrogens with one attached hydrogen (secondary N) is 1. The van der Waals surface area contributed by atoms with Gasteiger partial charge in [0.1, 0.15) is 0 Å². The molecule has 0 radical (unpaired) electrons. The first-order valence-corrected chi connectivity index (χ1v) is 7.46. The molecule has 0 atom stereocenters. The van der Waals surface area contributed by atoms with E-state index >= 15 is 0 Å². The Hall–Kier alpha value is -1.19. The molecule has 112 valence electrons. The van der Waals surface area contributed by atoms with Gasteiger partial charge in [-0.1, -0.05) is 19.1 Å². The van der Waals surface area contributed by atoms with E-state index in [4.69, 9.17) is 0 Å². The highest BCUT2D eigenvalue weighted by molar-refractivity contribution is 5.14. The highest BCUT2D eigenvalue weighted by atomic mass is 15.1. The summed E-state index contributed by atoms with van der Waals surface area (Å²) in [4.78, 5) is 6.93. The second-order valence-corrected chi connectivity index (χ2v) is 6.29. The molecule has 1 aromatic rings. The van der Waals surface area contributed by atoms with Gasteiger partial charge in [-0.3, -0.25) is 9.88 Å². The molecule has 0 aliphatic carbocycles. The van der Waals surface area contributed by atoms with Crippen molar-refractivity contribution in [2.24, 2.45) is 0 Å². The summed E-state index contributed by atoms with van der Waals surface area (Å²) in [5.74, 6) is 0. The Kier molecular flexibility index (Phi) is 6.89. The van der Waals surface area contributed by atoms with Gasteiger partial charge in [-0.2, -0.15) is 0 Å². The minimum atomic E-state index is 0.139. The molecule has 1 aromatic heterocycles. The fraction of sp³-hybridized carbons (Fsp3) is 0.588. The zero-order chi connectivity index (χ0) is 15.0. The Labute approximate surface area is 124 Å². The highest BCUT2D eigenvalue weighted by Crippen LogP contribution is 2.07. The molecule has 0 saturated carbocycles. The Morgan fingerprint density at radius 2 is 2.10 bits per heavy atom. The molecule has 1 heterocycles. The van der Waals surface area contributed by atoms with Crippen LogP contribution in [0.5, 0.6) is 0 Å². The minimum absolute atomic E-state index is 0.139. The first kappa shape index (κ1) is 16.9. The lowest BCUT2D eigenvalue weighted by atomic mass is 10.1. The molecule has 0 bridgehead atoms. The molecule has 20 heavy (non-hydrogen) atoms. The lowest BCUT2D eigenvalue weighted by Gasteiger charge is -2.21. The van der Waals surface area contributed by atoms with Crippen LogP contribution in [-0.2, 0) is 13.1 Å². The zero-order valence-corrected chi connectivity index (χ0v) is 13.4. The van der Waals surface area contributed by atoms with Gasteiger partial charge >= 0.3 is 0 Å². The van der Waals surface area contributed by atoms with E-state index in [9.17, 15) is 0 Å². The maximum atomic E-state index is 4.57. The van der Waals surface area contributed by atoms with Crippen LogP contribution in [0.2, 0.25) is 0 Å². The number of pyridine rings is 1. The van der Waals surface area contributed by atoms with Crippen LogP contribution in [0.25, 0.3) is 0 Å². The van der Waals surface area contributed by atoms with Crippen molar-refractivity contribution in [3.05, 3.63) is 42.2 Å². The van der Waals surface area contributed by atoms with Crippen LogP contribution in [-0.4, -0.2) is 28.5 Å². The maximum Gasteiger partial charge on any atom is 0.0544 e. The van der Waals surface area contributed by atoms with E-state index in [0.29, 0.717) is 0 Å². The van der Waals surface area contributed by atoms with Crippen LogP contribution in [0.1, 0.15) is 45.4 Å². The molecule has 3 heteroatoms. The van der Waals surface area contributed by atoms with Gasteiger partial charge in [0.05, 0.1) is 5.69 Å². The van der Waals surface area contributed by atoms with E-state index in [1.165, 1.54) is 5.56 Å². The molecule has 0 fully saturated rings. The summed E-state index contributed by atoms with van der Waals surface area (Å²) in [5.41, 5.74) is 2.50. The molecule has 0 aliphatic heterocycles. The van der Waals surface area contributed by atoms with E-state index in [0.717, 1.165) is 38.3 Å². The summed E-state index contributed by atoms with van der Waals surface area (Å²) in [7, 11) is 0. The monoisotopic (exact) mass is 275 g/mol. The number of hydrogen-bond donors (Lipinski definition) is 1. The fourth-order valence-corrected chi connectivity index (χ4v) is 1.98. The van der Waals surface area contributed by atoms with E-state index in [1.54, 1.807) is 0 Å². The molecule has 1 rings (SSSR count). The van der Waals surface area contributed by atoms with Crippen molar-refractivity contribution in [3.63, 3.8) is 0 Å². The van der Waals surface area contributed by atoms with Crippen LogP contribution in [0.4, 0.5) is 0 Å². The topological polar surface area (TPSA) is 28.2 Å². The van der Waals surface area contributed by atoms with Crippen LogP contribution in [0.15, 0.2) is 31.0 Å². The third kappa shape index (κ3) is 6.83. The van der Waals surface area contributed by atoms with E-state index in [1.807, 2.05) is 12.3 Å². The van der Waals surface area contributed by atoms with Crippen molar-refractivity contribution >= 4 is 0 Å². The van der Waals surface area contributed by atoms with Crippen molar-refractivity contribution in [1.29, 1.82) is 0 Å². The Morgan fingerprint density at radius 1 is 1.35 bits per heavy atom. The number of nitrogens with zero attached hydrogens (tertiary/aromatic N) is 2. The highest BCUT2D eigenvalue weighted by Gasteiger charge is 2.09. The van der Waals surface area contributed by atoms with Gasteiger partial charge in [0, 0.05) is 31.4 Å². The van der Waals surface area contributed by atoms with Crippen molar-refractivity contribution in [1.82, 2.24) is 15.2 Å². The summed E-state index contributed by atoms with van der Waals surface area (Å²) in [6.07, 6.45) is 5.09. The quantitative estimate of drug-likeness (QED) is 0.737. The number of hydrogen-bond acceptors (Lipinski definition) is 3. The van der Waals surface area contributed by atoms with Gasteiger partial charge in [0.25, 0.3) is 0 Å². The third-order valence-corrected chi connectivity index (χ3v) is 3.02. The van der Waals surface area contributed by atoms with Crippen LogP contribution in [0, 0.1) is 0 Å². The molecule has 3 nitrogen and oxygen atoms in total. The Balaban J connectivity index is 2.54. The molecule has 0 aliphatic rings. The van der Waals surface area contributed by atoms with Crippen LogP contribution >= 0.6 is 0 Å². The smallest absolute Gasteiger partial charge is 0.0544 e.